The van der Waals surface area contributed by atoms with Crippen molar-refractivity contribution in [1.82, 2.24) is 10.5 Å². The summed E-state index contributed by atoms with van der Waals surface area (Å²) in [6.45, 7) is -1.72. The van der Waals surface area contributed by atoms with Crippen molar-refractivity contribution in [2.75, 3.05) is 13.7 Å². The number of carboxylic acids is 1. The Balaban J connectivity index is 1.70. The Hall–Kier alpha value is -3.57. The molecular formula is C23H20ClF3N2O6. The number of aromatic nitrogens is 1. The van der Waals surface area contributed by atoms with Gasteiger partial charge in [-0.05, 0) is 23.8 Å². The smallest absolute Gasteiger partial charge is 0.411 e. The van der Waals surface area contributed by atoms with Crippen LogP contribution in [0.2, 0.25) is 5.02 Å². The van der Waals surface area contributed by atoms with Gasteiger partial charge in [0.1, 0.15) is 12.4 Å². The van der Waals surface area contributed by atoms with E-state index in [0.29, 0.717) is 33.2 Å². The molecule has 0 aliphatic rings. The summed E-state index contributed by atoms with van der Waals surface area (Å²) in [4.78, 5) is 23.9. The molecule has 1 unspecified atom stereocenters. The SMILES string of the molecule is COc1ccc(CC(OCC(F)(F)F)C(=O)O)cc1CNC(=O)c1cc(-c2ccccc2Cl)on1. The molecule has 1 atom stereocenters. The van der Waals surface area contributed by atoms with Gasteiger partial charge < -0.3 is 24.4 Å². The second-order valence-electron chi connectivity index (χ2n) is 7.34. The third-order valence-corrected chi connectivity index (χ3v) is 5.14. The summed E-state index contributed by atoms with van der Waals surface area (Å²) >= 11 is 6.13. The first-order chi connectivity index (χ1) is 16.6. The van der Waals surface area contributed by atoms with Crippen LogP contribution in [0.4, 0.5) is 13.2 Å². The van der Waals surface area contributed by atoms with E-state index in [1.54, 1.807) is 24.3 Å². The summed E-state index contributed by atoms with van der Waals surface area (Å²) in [5.41, 5.74) is 1.41. The molecule has 1 aromatic heterocycles. The lowest BCUT2D eigenvalue weighted by Crippen LogP contribution is -2.31. The number of methoxy groups -OCH3 is 1. The largest absolute Gasteiger partial charge is 0.496 e. The summed E-state index contributed by atoms with van der Waals surface area (Å²) in [5.74, 6) is -1.40. The quantitative estimate of drug-likeness (QED) is 0.411. The maximum absolute atomic E-state index is 12.6. The molecule has 0 radical (unpaired) electrons. The predicted octanol–water partition coefficient (Wildman–Crippen LogP) is 4.51. The number of alkyl halides is 3. The molecule has 12 heteroatoms. The monoisotopic (exact) mass is 512 g/mol. The van der Waals surface area contributed by atoms with E-state index in [1.807, 2.05) is 0 Å². The third-order valence-electron chi connectivity index (χ3n) is 4.81. The molecule has 2 aromatic carbocycles. The van der Waals surface area contributed by atoms with E-state index < -0.39 is 30.8 Å². The number of carboxylic acid groups (broad SMARTS) is 1. The standard InChI is InChI=1S/C23H20ClF3N2O6/c1-33-18-7-6-13(9-20(22(31)32)34-12-23(25,26)27)8-14(18)11-28-21(30)17-10-19(35-29-17)15-4-2-3-5-16(15)24/h2-8,10,20H,9,11-12H2,1H3,(H,28,30)(H,31,32). The summed E-state index contributed by atoms with van der Waals surface area (Å²) in [6, 6.07) is 12.9. The van der Waals surface area contributed by atoms with Crippen molar-refractivity contribution in [1.29, 1.82) is 0 Å². The fourth-order valence-electron chi connectivity index (χ4n) is 3.16. The molecule has 0 aliphatic heterocycles. The van der Waals surface area contributed by atoms with E-state index in [-0.39, 0.29) is 18.7 Å². The Morgan fingerprint density at radius 2 is 1.94 bits per heavy atom. The zero-order valence-electron chi connectivity index (χ0n) is 18.3. The number of rotatable bonds is 10. The molecule has 0 saturated carbocycles. The molecule has 35 heavy (non-hydrogen) atoms. The van der Waals surface area contributed by atoms with Gasteiger partial charge in [0.05, 0.1) is 12.1 Å². The lowest BCUT2D eigenvalue weighted by atomic mass is 10.0. The van der Waals surface area contributed by atoms with Crippen molar-refractivity contribution in [2.24, 2.45) is 0 Å². The van der Waals surface area contributed by atoms with Gasteiger partial charge in [0.2, 0.25) is 0 Å². The van der Waals surface area contributed by atoms with Crippen molar-refractivity contribution >= 4 is 23.5 Å². The van der Waals surface area contributed by atoms with Gasteiger partial charge in [0, 0.05) is 30.2 Å². The van der Waals surface area contributed by atoms with Gasteiger partial charge in [-0.15, -0.1) is 0 Å². The van der Waals surface area contributed by atoms with Crippen LogP contribution in [0, 0.1) is 0 Å². The topological polar surface area (TPSA) is 111 Å². The summed E-state index contributed by atoms with van der Waals surface area (Å²) in [6.07, 6.45) is -6.68. The highest BCUT2D eigenvalue weighted by Crippen LogP contribution is 2.28. The van der Waals surface area contributed by atoms with Gasteiger partial charge in [0.15, 0.2) is 17.6 Å². The van der Waals surface area contributed by atoms with Crippen LogP contribution >= 0.6 is 11.6 Å². The van der Waals surface area contributed by atoms with Gasteiger partial charge in [-0.3, -0.25) is 4.79 Å². The molecule has 1 amide bonds. The number of carbonyl (C=O) groups is 2. The number of hydrogen-bond donors (Lipinski definition) is 2. The highest BCUT2D eigenvalue weighted by molar-refractivity contribution is 6.33. The minimum absolute atomic E-state index is 0.00142. The molecule has 3 aromatic rings. The molecule has 0 fully saturated rings. The Morgan fingerprint density at radius 1 is 1.20 bits per heavy atom. The van der Waals surface area contributed by atoms with Crippen molar-refractivity contribution in [3.05, 3.63) is 70.4 Å². The second kappa shape index (κ2) is 11.2. The van der Waals surface area contributed by atoms with Gasteiger partial charge in [-0.25, -0.2) is 4.79 Å². The number of carbonyl (C=O) groups excluding carboxylic acids is 1. The van der Waals surface area contributed by atoms with Crippen LogP contribution in [0.15, 0.2) is 53.1 Å². The highest BCUT2D eigenvalue weighted by Gasteiger charge is 2.31. The number of nitrogens with one attached hydrogen (secondary N) is 1. The second-order valence-corrected chi connectivity index (χ2v) is 7.75. The number of benzene rings is 2. The van der Waals surface area contributed by atoms with E-state index in [0.717, 1.165) is 0 Å². The predicted molar refractivity (Wildman–Crippen MR) is 118 cm³/mol. The zero-order valence-corrected chi connectivity index (χ0v) is 19.0. The Bertz CT molecular complexity index is 1200. The van der Waals surface area contributed by atoms with Crippen molar-refractivity contribution in [2.45, 2.75) is 25.2 Å². The van der Waals surface area contributed by atoms with Gasteiger partial charge in [0.25, 0.3) is 5.91 Å². The van der Waals surface area contributed by atoms with Crippen LogP contribution < -0.4 is 10.1 Å². The lowest BCUT2D eigenvalue weighted by molar-refractivity contribution is -0.192. The van der Waals surface area contributed by atoms with E-state index in [9.17, 15) is 27.9 Å². The summed E-state index contributed by atoms with van der Waals surface area (Å²) in [5, 5.41) is 16.0. The number of amides is 1. The number of nitrogens with zero attached hydrogens (tertiary/aromatic N) is 1. The first kappa shape index (κ1) is 26.0. The van der Waals surface area contributed by atoms with Gasteiger partial charge >= 0.3 is 12.1 Å². The summed E-state index contributed by atoms with van der Waals surface area (Å²) < 4.78 is 52.3. The van der Waals surface area contributed by atoms with Crippen LogP contribution in [0.5, 0.6) is 5.75 Å². The zero-order chi connectivity index (χ0) is 25.6. The number of ether oxygens (including phenoxy) is 2. The molecule has 1 heterocycles. The van der Waals surface area contributed by atoms with Gasteiger partial charge in [-0.2, -0.15) is 13.2 Å². The maximum Gasteiger partial charge on any atom is 0.411 e. The number of halogens is 4. The first-order valence-corrected chi connectivity index (χ1v) is 10.5. The fraction of sp³-hybridized carbons (Fsp3) is 0.261. The Morgan fingerprint density at radius 3 is 2.60 bits per heavy atom. The van der Waals surface area contributed by atoms with Crippen LogP contribution in [0.1, 0.15) is 21.6 Å². The molecular weight excluding hydrogens is 493 g/mol. The van der Waals surface area contributed by atoms with E-state index >= 15 is 0 Å². The molecule has 2 N–H and O–H groups in total. The minimum Gasteiger partial charge on any atom is -0.496 e. The molecule has 186 valence electrons. The van der Waals surface area contributed by atoms with E-state index in [4.69, 9.17) is 20.9 Å². The fourth-order valence-corrected chi connectivity index (χ4v) is 3.39. The average Bonchev–Trinajstić information content (AvgIpc) is 3.30. The molecule has 0 spiro atoms. The van der Waals surface area contributed by atoms with Crippen LogP contribution in [-0.4, -0.2) is 48.1 Å². The van der Waals surface area contributed by atoms with E-state index in [2.05, 4.69) is 15.2 Å². The molecule has 0 bridgehead atoms. The highest BCUT2D eigenvalue weighted by atomic mass is 35.5. The average molecular weight is 513 g/mol. The molecule has 8 nitrogen and oxygen atoms in total. The van der Waals surface area contributed by atoms with E-state index in [1.165, 1.54) is 31.4 Å². The first-order valence-electron chi connectivity index (χ1n) is 10.1. The van der Waals surface area contributed by atoms with Crippen LogP contribution in [0.25, 0.3) is 11.3 Å². The normalized spacial score (nSPS) is 12.3. The third kappa shape index (κ3) is 7.20. The van der Waals surface area contributed by atoms with Crippen molar-refractivity contribution in [3.63, 3.8) is 0 Å². The van der Waals surface area contributed by atoms with Crippen LogP contribution in [0.3, 0.4) is 0 Å². The Labute approximate surface area is 202 Å². The molecule has 0 aliphatic carbocycles. The molecule has 0 saturated heterocycles. The van der Waals surface area contributed by atoms with Crippen LogP contribution in [-0.2, 0) is 22.5 Å². The number of aliphatic carboxylic acids is 1. The van der Waals surface area contributed by atoms with Gasteiger partial charge in [-0.1, -0.05) is 41.0 Å². The Kier molecular flexibility index (Phi) is 8.36. The minimum atomic E-state index is -4.66. The summed E-state index contributed by atoms with van der Waals surface area (Å²) in [7, 11) is 1.40. The lowest BCUT2D eigenvalue weighted by Gasteiger charge is -2.16. The number of hydrogen-bond acceptors (Lipinski definition) is 6. The van der Waals surface area contributed by atoms with Crippen molar-refractivity contribution < 1.29 is 41.9 Å². The maximum atomic E-state index is 12.6. The van der Waals surface area contributed by atoms with Crippen molar-refractivity contribution in [3.8, 4) is 17.1 Å². The molecule has 3 rings (SSSR count).